The summed E-state index contributed by atoms with van der Waals surface area (Å²) in [5.41, 5.74) is 3.51. The Hall–Kier alpha value is -4.00. The number of aromatic nitrogens is 3. The van der Waals surface area contributed by atoms with Gasteiger partial charge in [0.1, 0.15) is 17.6 Å². The van der Waals surface area contributed by atoms with E-state index in [0.717, 1.165) is 11.1 Å². The molecule has 0 bridgehead atoms. The number of nitrogens with one attached hydrogen (secondary N) is 1. The van der Waals surface area contributed by atoms with E-state index in [9.17, 15) is 14.4 Å². The first-order chi connectivity index (χ1) is 15.0. The Kier molecular flexibility index (Phi) is 5.49. The summed E-state index contributed by atoms with van der Waals surface area (Å²) < 4.78 is 3.16. The number of fused-ring (bicyclic) bond motifs is 1. The Labute approximate surface area is 179 Å². The molecule has 7 heteroatoms. The first kappa shape index (κ1) is 20.3. The number of carbonyl (C=O) groups excluding carboxylic acids is 2. The molecule has 0 aliphatic heterocycles. The molecular weight excluding hydrogens is 392 g/mol. The molecule has 0 radical (unpaired) electrons. The lowest BCUT2D eigenvalue weighted by atomic mass is 10.1. The SMILES string of the molecule is CCn1cnc2c(-c3ccccc3)cn(CC(=O)Nc3cccc(C(C)=O)c3)c2c1=O. The van der Waals surface area contributed by atoms with Crippen LogP contribution in [0.5, 0.6) is 0 Å². The van der Waals surface area contributed by atoms with Crippen LogP contribution in [-0.4, -0.2) is 25.8 Å². The lowest BCUT2D eigenvalue weighted by molar-refractivity contribution is -0.116. The maximum absolute atomic E-state index is 13.0. The Balaban J connectivity index is 1.73. The minimum absolute atomic E-state index is 0.0573. The van der Waals surface area contributed by atoms with Crippen molar-refractivity contribution in [1.29, 1.82) is 0 Å². The molecule has 31 heavy (non-hydrogen) atoms. The van der Waals surface area contributed by atoms with Crippen LogP contribution in [0, 0.1) is 0 Å². The van der Waals surface area contributed by atoms with Gasteiger partial charge in [0.15, 0.2) is 5.78 Å². The van der Waals surface area contributed by atoms with E-state index in [1.165, 1.54) is 17.8 Å². The van der Waals surface area contributed by atoms with Crippen molar-refractivity contribution < 1.29 is 9.59 Å². The van der Waals surface area contributed by atoms with Gasteiger partial charge in [0.25, 0.3) is 5.56 Å². The number of ketones is 1. The maximum atomic E-state index is 13.0. The molecule has 0 saturated heterocycles. The predicted octanol–water partition coefficient (Wildman–Crippen LogP) is 3.73. The average molecular weight is 414 g/mol. The fraction of sp³-hybridized carbons (Fsp3) is 0.167. The molecule has 0 saturated carbocycles. The molecule has 4 rings (SSSR count). The van der Waals surface area contributed by atoms with Crippen LogP contribution in [0.4, 0.5) is 5.69 Å². The zero-order chi connectivity index (χ0) is 22.0. The quantitative estimate of drug-likeness (QED) is 0.487. The van der Waals surface area contributed by atoms with Gasteiger partial charge in [-0.2, -0.15) is 0 Å². The Morgan fingerprint density at radius 2 is 1.81 bits per heavy atom. The molecule has 2 aromatic heterocycles. The number of benzene rings is 2. The zero-order valence-electron chi connectivity index (χ0n) is 17.3. The third kappa shape index (κ3) is 4.02. The van der Waals surface area contributed by atoms with Crippen molar-refractivity contribution in [2.75, 3.05) is 5.32 Å². The van der Waals surface area contributed by atoms with Gasteiger partial charge in [-0.3, -0.25) is 19.0 Å². The molecule has 7 nitrogen and oxygen atoms in total. The number of aryl methyl sites for hydroxylation is 1. The van der Waals surface area contributed by atoms with E-state index in [4.69, 9.17) is 0 Å². The van der Waals surface area contributed by atoms with E-state index in [0.29, 0.717) is 28.8 Å². The lowest BCUT2D eigenvalue weighted by Gasteiger charge is -2.08. The number of hydrogen-bond donors (Lipinski definition) is 1. The van der Waals surface area contributed by atoms with Gasteiger partial charge in [-0.1, -0.05) is 42.5 Å². The highest BCUT2D eigenvalue weighted by molar-refractivity contribution is 5.98. The van der Waals surface area contributed by atoms with Gasteiger partial charge in [-0.05, 0) is 31.5 Å². The van der Waals surface area contributed by atoms with Gasteiger partial charge in [0, 0.05) is 29.6 Å². The smallest absolute Gasteiger partial charge is 0.277 e. The molecule has 2 heterocycles. The van der Waals surface area contributed by atoms with Crippen molar-refractivity contribution in [3.63, 3.8) is 0 Å². The normalized spacial score (nSPS) is 10.9. The second kappa shape index (κ2) is 8.39. The average Bonchev–Trinajstić information content (AvgIpc) is 3.13. The maximum Gasteiger partial charge on any atom is 0.277 e. The van der Waals surface area contributed by atoms with Crippen LogP contribution in [0.3, 0.4) is 0 Å². The predicted molar refractivity (Wildman–Crippen MR) is 120 cm³/mol. The summed E-state index contributed by atoms with van der Waals surface area (Å²) in [6.07, 6.45) is 3.33. The summed E-state index contributed by atoms with van der Waals surface area (Å²) in [6.45, 7) is 3.77. The van der Waals surface area contributed by atoms with Crippen molar-refractivity contribution in [2.24, 2.45) is 0 Å². The lowest BCUT2D eigenvalue weighted by Crippen LogP contribution is -2.24. The molecule has 0 atom stereocenters. The van der Waals surface area contributed by atoms with E-state index >= 15 is 0 Å². The highest BCUT2D eigenvalue weighted by Crippen LogP contribution is 2.27. The van der Waals surface area contributed by atoms with Gasteiger partial charge in [-0.25, -0.2) is 4.98 Å². The third-order valence-corrected chi connectivity index (χ3v) is 5.13. The standard InChI is InChI=1S/C24H22N4O3/c1-3-27-15-25-22-20(17-8-5-4-6-9-17)13-28(23(22)24(27)31)14-21(30)26-19-11-7-10-18(12-19)16(2)29/h4-13,15H,3,14H2,1-2H3,(H,26,30). The number of nitrogens with zero attached hydrogens (tertiary/aromatic N) is 3. The van der Waals surface area contributed by atoms with Gasteiger partial charge in [0.2, 0.25) is 5.91 Å². The summed E-state index contributed by atoms with van der Waals surface area (Å²) in [6, 6.07) is 16.4. The topological polar surface area (TPSA) is 86.0 Å². The molecule has 0 unspecified atom stereocenters. The second-order valence-corrected chi connectivity index (χ2v) is 7.25. The van der Waals surface area contributed by atoms with Crippen LogP contribution in [0.25, 0.3) is 22.2 Å². The van der Waals surface area contributed by atoms with E-state index in [1.54, 1.807) is 35.0 Å². The van der Waals surface area contributed by atoms with Crippen LogP contribution < -0.4 is 10.9 Å². The summed E-state index contributed by atoms with van der Waals surface area (Å²) >= 11 is 0. The Morgan fingerprint density at radius 3 is 2.52 bits per heavy atom. The Bertz CT molecular complexity index is 1340. The van der Waals surface area contributed by atoms with Gasteiger partial charge in [-0.15, -0.1) is 0 Å². The molecule has 1 N–H and O–H groups in total. The van der Waals surface area contributed by atoms with E-state index in [-0.39, 0.29) is 23.8 Å². The largest absolute Gasteiger partial charge is 0.332 e. The van der Waals surface area contributed by atoms with Crippen molar-refractivity contribution in [3.05, 3.63) is 83.0 Å². The fourth-order valence-corrected chi connectivity index (χ4v) is 3.57. The van der Waals surface area contributed by atoms with Crippen LogP contribution >= 0.6 is 0 Å². The number of hydrogen-bond acceptors (Lipinski definition) is 4. The minimum atomic E-state index is -0.302. The number of rotatable bonds is 6. The number of Topliss-reactive ketones (excluding diaryl/α,β-unsaturated/α-hetero) is 1. The van der Waals surface area contributed by atoms with Gasteiger partial charge >= 0.3 is 0 Å². The minimum Gasteiger partial charge on any atom is -0.332 e. The molecule has 0 spiro atoms. The summed E-state index contributed by atoms with van der Waals surface area (Å²) in [5, 5.41) is 2.81. The molecule has 1 amide bonds. The van der Waals surface area contributed by atoms with Crippen molar-refractivity contribution in [3.8, 4) is 11.1 Å². The summed E-state index contributed by atoms with van der Waals surface area (Å²) in [4.78, 5) is 41.9. The molecule has 2 aromatic carbocycles. The highest BCUT2D eigenvalue weighted by atomic mass is 16.2. The second-order valence-electron chi connectivity index (χ2n) is 7.25. The number of carbonyl (C=O) groups is 2. The van der Waals surface area contributed by atoms with E-state index in [2.05, 4.69) is 10.3 Å². The summed E-state index contributed by atoms with van der Waals surface area (Å²) in [7, 11) is 0. The van der Waals surface area contributed by atoms with Gasteiger partial charge in [0.05, 0.1) is 6.33 Å². The van der Waals surface area contributed by atoms with Crippen molar-refractivity contribution >= 4 is 28.4 Å². The Morgan fingerprint density at radius 1 is 1.03 bits per heavy atom. The van der Waals surface area contributed by atoms with E-state index in [1.807, 2.05) is 37.3 Å². The zero-order valence-corrected chi connectivity index (χ0v) is 17.3. The molecule has 4 aromatic rings. The molecule has 0 aliphatic carbocycles. The molecule has 0 fully saturated rings. The number of amides is 1. The molecular formula is C24H22N4O3. The monoisotopic (exact) mass is 414 g/mol. The van der Waals surface area contributed by atoms with Crippen molar-refractivity contribution in [2.45, 2.75) is 26.9 Å². The van der Waals surface area contributed by atoms with Crippen LogP contribution in [0.15, 0.2) is 71.9 Å². The van der Waals surface area contributed by atoms with Gasteiger partial charge < -0.3 is 9.88 Å². The third-order valence-electron chi connectivity index (χ3n) is 5.13. The highest BCUT2D eigenvalue weighted by Gasteiger charge is 2.18. The van der Waals surface area contributed by atoms with Crippen LogP contribution in [0.1, 0.15) is 24.2 Å². The fourth-order valence-electron chi connectivity index (χ4n) is 3.57. The first-order valence-electron chi connectivity index (χ1n) is 10.0. The van der Waals surface area contributed by atoms with E-state index < -0.39 is 0 Å². The van der Waals surface area contributed by atoms with Crippen LogP contribution in [0.2, 0.25) is 0 Å². The molecule has 0 aliphatic rings. The van der Waals surface area contributed by atoms with Crippen LogP contribution in [-0.2, 0) is 17.9 Å². The first-order valence-corrected chi connectivity index (χ1v) is 10.0. The summed E-state index contributed by atoms with van der Waals surface area (Å²) in [5.74, 6) is -0.380. The number of anilines is 1. The van der Waals surface area contributed by atoms with Crippen molar-refractivity contribution in [1.82, 2.24) is 14.1 Å². The molecule has 156 valence electrons.